The van der Waals surface area contributed by atoms with E-state index in [0.29, 0.717) is 17.9 Å². The molecular formula is C21H19F3N6O. The van der Waals surface area contributed by atoms with E-state index in [1.807, 2.05) is 19.9 Å². The van der Waals surface area contributed by atoms with Gasteiger partial charge in [-0.1, -0.05) is 0 Å². The van der Waals surface area contributed by atoms with Crippen molar-refractivity contribution in [3.8, 4) is 12.1 Å². The maximum absolute atomic E-state index is 13.3. The number of pyridine rings is 1. The molecule has 2 amide bonds. The summed E-state index contributed by atoms with van der Waals surface area (Å²) in [5.41, 5.74) is -0.378. The molecule has 1 saturated heterocycles. The monoisotopic (exact) mass is 428 g/mol. The summed E-state index contributed by atoms with van der Waals surface area (Å²) in [5.74, 6) is 0. The quantitative estimate of drug-likeness (QED) is 0.781. The average Bonchev–Trinajstić information content (AvgIpc) is 2.74. The van der Waals surface area contributed by atoms with E-state index in [1.165, 1.54) is 24.4 Å². The zero-order valence-electron chi connectivity index (χ0n) is 16.8. The number of carbonyl (C=O) groups excluding carboxylic acids is 1. The first-order valence-electron chi connectivity index (χ1n) is 9.45. The molecule has 31 heavy (non-hydrogen) atoms. The van der Waals surface area contributed by atoms with Gasteiger partial charge in [0.25, 0.3) is 0 Å². The summed E-state index contributed by atoms with van der Waals surface area (Å²) < 4.78 is 40.0. The number of halogens is 3. The Morgan fingerprint density at radius 3 is 2.45 bits per heavy atom. The molecule has 2 aromatic rings. The highest BCUT2D eigenvalue weighted by atomic mass is 19.4. The van der Waals surface area contributed by atoms with Gasteiger partial charge in [0.15, 0.2) is 0 Å². The van der Waals surface area contributed by atoms with Gasteiger partial charge in [-0.3, -0.25) is 0 Å². The lowest BCUT2D eigenvalue weighted by Gasteiger charge is -2.45. The molecule has 160 valence electrons. The average molecular weight is 428 g/mol. The second-order valence-electron chi connectivity index (χ2n) is 7.32. The van der Waals surface area contributed by atoms with Crippen molar-refractivity contribution in [2.24, 2.45) is 0 Å². The van der Waals surface area contributed by atoms with Crippen LogP contribution >= 0.6 is 0 Å². The summed E-state index contributed by atoms with van der Waals surface area (Å²) in [7, 11) is 0. The standard InChI is InChI=1S/C21H19F3N6O/c1-13-12-30(20(31)28-17-5-4-16(9-26)27-10-17)14(2)11-29(13)18-6-3-15(8-25)19(7-18)21(22,23)24/h3-7,10,13-14H,11-12H2,1-2H3,(H,28,31)/t13-,14+/m1/s1. The first-order chi connectivity index (χ1) is 14.6. The highest BCUT2D eigenvalue weighted by Crippen LogP contribution is 2.35. The van der Waals surface area contributed by atoms with E-state index in [0.717, 1.165) is 6.07 Å². The summed E-state index contributed by atoms with van der Waals surface area (Å²) in [6, 6.07) is 9.30. The summed E-state index contributed by atoms with van der Waals surface area (Å²) >= 11 is 0. The van der Waals surface area contributed by atoms with Crippen LogP contribution in [0.2, 0.25) is 0 Å². The second-order valence-corrected chi connectivity index (χ2v) is 7.32. The number of carbonyl (C=O) groups is 1. The van der Waals surface area contributed by atoms with E-state index in [2.05, 4.69) is 10.3 Å². The molecular weight excluding hydrogens is 409 g/mol. The third-order valence-electron chi connectivity index (χ3n) is 5.14. The van der Waals surface area contributed by atoms with E-state index in [1.54, 1.807) is 21.9 Å². The van der Waals surface area contributed by atoms with Crippen molar-refractivity contribution in [2.45, 2.75) is 32.1 Å². The summed E-state index contributed by atoms with van der Waals surface area (Å²) in [5, 5.41) is 20.5. The molecule has 1 aromatic carbocycles. The topological polar surface area (TPSA) is 96.1 Å². The molecule has 1 N–H and O–H groups in total. The third kappa shape index (κ3) is 4.69. The van der Waals surface area contributed by atoms with E-state index >= 15 is 0 Å². The van der Waals surface area contributed by atoms with Crippen LogP contribution in [0, 0.1) is 22.7 Å². The van der Waals surface area contributed by atoms with Crippen LogP contribution in [-0.4, -0.2) is 41.1 Å². The Morgan fingerprint density at radius 2 is 1.87 bits per heavy atom. The number of alkyl halides is 3. The Bertz CT molecular complexity index is 1050. The Balaban J connectivity index is 1.76. The van der Waals surface area contributed by atoms with Crippen molar-refractivity contribution in [1.82, 2.24) is 9.88 Å². The Kier molecular flexibility index (Phi) is 6.02. The van der Waals surface area contributed by atoms with Crippen LogP contribution in [-0.2, 0) is 6.18 Å². The fourth-order valence-corrected chi connectivity index (χ4v) is 3.54. The van der Waals surface area contributed by atoms with Crippen LogP contribution < -0.4 is 10.2 Å². The summed E-state index contributed by atoms with van der Waals surface area (Å²) in [6.45, 7) is 4.24. The SMILES string of the molecule is C[C@@H]1CN(C(=O)Nc2ccc(C#N)nc2)[C@@H](C)CN1c1ccc(C#N)c(C(F)(F)F)c1. The molecule has 0 radical (unpaired) electrons. The largest absolute Gasteiger partial charge is 0.417 e. The van der Waals surface area contributed by atoms with E-state index < -0.39 is 17.3 Å². The lowest BCUT2D eigenvalue weighted by molar-refractivity contribution is -0.137. The van der Waals surface area contributed by atoms with E-state index in [9.17, 15) is 18.0 Å². The number of rotatable bonds is 2. The van der Waals surface area contributed by atoms with Crippen molar-refractivity contribution < 1.29 is 18.0 Å². The molecule has 3 rings (SSSR count). The van der Waals surface area contributed by atoms with Gasteiger partial charge in [0.05, 0.1) is 29.1 Å². The molecule has 2 atom stereocenters. The maximum Gasteiger partial charge on any atom is 0.417 e. The van der Waals surface area contributed by atoms with Crippen molar-refractivity contribution in [1.29, 1.82) is 10.5 Å². The van der Waals surface area contributed by atoms with Gasteiger partial charge in [-0.25, -0.2) is 9.78 Å². The van der Waals surface area contributed by atoms with Gasteiger partial charge in [-0.05, 0) is 44.2 Å². The van der Waals surface area contributed by atoms with Gasteiger partial charge >= 0.3 is 12.2 Å². The zero-order chi connectivity index (χ0) is 22.8. The van der Waals surface area contributed by atoms with Crippen molar-refractivity contribution in [3.63, 3.8) is 0 Å². The van der Waals surface area contributed by atoms with Gasteiger partial charge < -0.3 is 15.1 Å². The number of piperazine rings is 1. The first-order valence-corrected chi connectivity index (χ1v) is 9.45. The number of hydrogen-bond donors (Lipinski definition) is 1. The Morgan fingerprint density at radius 1 is 1.13 bits per heavy atom. The summed E-state index contributed by atoms with van der Waals surface area (Å²) in [6.07, 6.45) is -3.25. The molecule has 0 bridgehead atoms. The fourth-order valence-electron chi connectivity index (χ4n) is 3.54. The van der Waals surface area contributed by atoms with Gasteiger partial charge in [0.2, 0.25) is 0 Å². The maximum atomic E-state index is 13.3. The Hall–Kier alpha value is -3.79. The summed E-state index contributed by atoms with van der Waals surface area (Å²) in [4.78, 5) is 20.0. The molecule has 0 aliphatic carbocycles. The lowest BCUT2D eigenvalue weighted by atomic mass is 10.0. The van der Waals surface area contributed by atoms with Crippen LogP contribution in [0.3, 0.4) is 0 Å². The number of anilines is 2. The number of nitriles is 2. The highest BCUT2D eigenvalue weighted by Gasteiger charge is 2.36. The third-order valence-corrected chi connectivity index (χ3v) is 5.14. The molecule has 2 heterocycles. The zero-order valence-corrected chi connectivity index (χ0v) is 16.8. The first kappa shape index (κ1) is 21.9. The molecule has 0 unspecified atom stereocenters. The van der Waals surface area contributed by atoms with Gasteiger partial charge in [0.1, 0.15) is 11.8 Å². The normalized spacial score (nSPS) is 18.8. The predicted octanol–water partition coefficient (Wildman–Crippen LogP) is 3.97. The van der Waals surface area contributed by atoms with E-state index in [-0.39, 0.29) is 30.4 Å². The molecule has 1 fully saturated rings. The molecule has 1 aromatic heterocycles. The molecule has 1 aliphatic rings. The number of amides is 2. The minimum absolute atomic E-state index is 0.231. The number of aromatic nitrogens is 1. The second kappa shape index (κ2) is 8.52. The highest BCUT2D eigenvalue weighted by molar-refractivity contribution is 5.89. The van der Waals surface area contributed by atoms with Crippen LogP contribution in [0.4, 0.5) is 29.3 Å². The molecule has 0 saturated carbocycles. The molecule has 1 aliphatic heterocycles. The number of urea groups is 1. The van der Waals surface area contributed by atoms with Crippen LogP contribution in [0.1, 0.15) is 30.7 Å². The van der Waals surface area contributed by atoms with E-state index in [4.69, 9.17) is 10.5 Å². The van der Waals surface area contributed by atoms with Crippen molar-refractivity contribution in [3.05, 3.63) is 53.3 Å². The van der Waals surface area contributed by atoms with Crippen molar-refractivity contribution in [2.75, 3.05) is 23.3 Å². The number of nitrogens with one attached hydrogen (secondary N) is 1. The smallest absolute Gasteiger partial charge is 0.365 e. The van der Waals surface area contributed by atoms with Crippen LogP contribution in [0.5, 0.6) is 0 Å². The van der Waals surface area contributed by atoms with Crippen LogP contribution in [0.15, 0.2) is 36.5 Å². The molecule has 10 heteroatoms. The number of hydrogen-bond acceptors (Lipinski definition) is 5. The minimum Gasteiger partial charge on any atom is -0.365 e. The minimum atomic E-state index is -4.63. The number of nitrogens with zero attached hydrogens (tertiary/aromatic N) is 5. The van der Waals surface area contributed by atoms with Gasteiger partial charge in [0, 0.05) is 30.9 Å². The fraction of sp³-hybridized carbons (Fsp3) is 0.333. The molecule has 0 spiro atoms. The Labute approximate surface area is 177 Å². The molecule has 7 nitrogen and oxygen atoms in total. The van der Waals surface area contributed by atoms with Crippen molar-refractivity contribution >= 4 is 17.4 Å². The van der Waals surface area contributed by atoms with Gasteiger partial charge in [-0.2, -0.15) is 23.7 Å². The van der Waals surface area contributed by atoms with Gasteiger partial charge in [-0.15, -0.1) is 0 Å². The van der Waals surface area contributed by atoms with Crippen LogP contribution in [0.25, 0.3) is 0 Å². The lowest BCUT2D eigenvalue weighted by Crippen LogP contribution is -2.59. The predicted molar refractivity (Wildman–Crippen MR) is 107 cm³/mol. The number of benzene rings is 1.